The van der Waals surface area contributed by atoms with Crippen LogP contribution >= 0.6 is 11.6 Å². The van der Waals surface area contributed by atoms with Crippen LogP contribution in [0, 0.1) is 0 Å². The fraction of sp³-hybridized carbons (Fsp3) is 0.250. The first-order chi connectivity index (χ1) is 9.24. The molecule has 3 heteroatoms. The number of aliphatic hydroxyl groups excluding tert-OH is 1. The predicted molar refractivity (Wildman–Crippen MR) is 77.2 cm³/mol. The highest BCUT2D eigenvalue weighted by Gasteiger charge is 2.36. The Kier molecular flexibility index (Phi) is 3.56. The quantitative estimate of drug-likeness (QED) is 0.863. The van der Waals surface area contributed by atoms with E-state index in [1.807, 2.05) is 30.3 Å². The summed E-state index contributed by atoms with van der Waals surface area (Å²) in [6.07, 6.45) is -0.453. The second-order valence-electron chi connectivity index (χ2n) is 4.95. The van der Waals surface area contributed by atoms with Gasteiger partial charge in [-0.2, -0.15) is 0 Å². The number of hydrogen-bond acceptors (Lipinski definition) is 2. The van der Waals surface area contributed by atoms with Gasteiger partial charge in [0, 0.05) is 24.2 Å². The monoisotopic (exact) mass is 273 g/mol. The van der Waals surface area contributed by atoms with Crippen molar-refractivity contribution in [3.63, 3.8) is 0 Å². The lowest BCUT2D eigenvalue weighted by Gasteiger charge is -2.12. The van der Waals surface area contributed by atoms with Gasteiger partial charge in [0.2, 0.25) is 0 Å². The summed E-state index contributed by atoms with van der Waals surface area (Å²) in [5.74, 6) is 0. The van der Waals surface area contributed by atoms with Crippen LogP contribution in [0.15, 0.2) is 54.6 Å². The maximum atomic E-state index is 10.2. The van der Waals surface area contributed by atoms with E-state index in [0.717, 1.165) is 12.1 Å². The largest absolute Gasteiger partial charge is 0.387 e. The van der Waals surface area contributed by atoms with Crippen molar-refractivity contribution in [2.45, 2.75) is 12.1 Å². The lowest BCUT2D eigenvalue weighted by atomic mass is 10.1. The van der Waals surface area contributed by atoms with Gasteiger partial charge < -0.3 is 5.11 Å². The first-order valence-corrected chi connectivity index (χ1v) is 6.84. The van der Waals surface area contributed by atoms with E-state index in [2.05, 4.69) is 29.2 Å². The summed E-state index contributed by atoms with van der Waals surface area (Å²) in [7, 11) is 0. The Labute approximate surface area is 118 Å². The van der Waals surface area contributed by atoms with Gasteiger partial charge in [-0.25, -0.2) is 0 Å². The Balaban J connectivity index is 1.60. The molecule has 0 saturated carbocycles. The van der Waals surface area contributed by atoms with Gasteiger partial charge in [-0.3, -0.25) is 4.90 Å². The number of halogens is 1. The summed E-state index contributed by atoms with van der Waals surface area (Å²) < 4.78 is 0. The minimum absolute atomic E-state index is 0.453. The predicted octanol–water partition coefficient (Wildman–Crippen LogP) is 3.43. The Morgan fingerprint density at radius 2 is 1.79 bits per heavy atom. The molecule has 3 unspecified atom stereocenters. The molecule has 0 amide bonds. The van der Waals surface area contributed by atoms with Crippen molar-refractivity contribution in [3.8, 4) is 0 Å². The number of nitrogens with zero attached hydrogens (tertiary/aromatic N) is 1. The van der Waals surface area contributed by atoms with E-state index in [1.165, 1.54) is 5.56 Å². The molecular formula is C16H16ClNO. The molecule has 3 rings (SSSR count). The zero-order valence-electron chi connectivity index (χ0n) is 10.5. The van der Waals surface area contributed by atoms with Crippen molar-refractivity contribution in [2.75, 3.05) is 13.1 Å². The van der Waals surface area contributed by atoms with Gasteiger partial charge >= 0.3 is 0 Å². The third kappa shape index (κ3) is 2.98. The molecular weight excluding hydrogens is 258 g/mol. The Bertz CT molecular complexity index is 540. The lowest BCUT2D eigenvalue weighted by Crippen LogP contribution is -2.11. The van der Waals surface area contributed by atoms with Crippen LogP contribution in [0.1, 0.15) is 23.3 Å². The molecule has 19 heavy (non-hydrogen) atoms. The fourth-order valence-electron chi connectivity index (χ4n) is 2.38. The van der Waals surface area contributed by atoms with E-state index >= 15 is 0 Å². The zero-order chi connectivity index (χ0) is 13.2. The topological polar surface area (TPSA) is 23.2 Å². The minimum Gasteiger partial charge on any atom is -0.387 e. The van der Waals surface area contributed by atoms with E-state index in [0.29, 0.717) is 17.6 Å². The Morgan fingerprint density at radius 1 is 1.11 bits per heavy atom. The molecule has 1 N–H and O–H groups in total. The minimum atomic E-state index is -0.453. The molecule has 1 aliphatic heterocycles. The van der Waals surface area contributed by atoms with Crippen LogP contribution in [0.4, 0.5) is 0 Å². The first kappa shape index (κ1) is 12.7. The van der Waals surface area contributed by atoms with Gasteiger partial charge in [0.1, 0.15) is 0 Å². The average Bonchev–Trinajstić information content (AvgIpc) is 3.20. The SMILES string of the molecule is OC(CN1CC1c1ccccc1)c1ccc(Cl)cc1. The van der Waals surface area contributed by atoms with Gasteiger partial charge in [0.15, 0.2) is 0 Å². The molecule has 2 aromatic carbocycles. The maximum Gasteiger partial charge on any atom is 0.0917 e. The summed E-state index contributed by atoms with van der Waals surface area (Å²) in [5, 5.41) is 10.9. The van der Waals surface area contributed by atoms with Crippen LogP contribution in [-0.4, -0.2) is 23.1 Å². The Morgan fingerprint density at radius 3 is 2.47 bits per heavy atom. The molecule has 98 valence electrons. The maximum absolute atomic E-state index is 10.2. The standard InChI is InChI=1S/C16H16ClNO/c17-14-8-6-13(7-9-14)16(19)11-18-10-15(18)12-4-2-1-3-5-12/h1-9,15-16,19H,10-11H2. The summed E-state index contributed by atoms with van der Waals surface area (Å²) in [5.41, 5.74) is 2.24. The highest BCUT2D eigenvalue weighted by molar-refractivity contribution is 6.30. The van der Waals surface area contributed by atoms with Crippen LogP contribution in [0.3, 0.4) is 0 Å². The van der Waals surface area contributed by atoms with E-state index in [9.17, 15) is 5.11 Å². The summed E-state index contributed by atoms with van der Waals surface area (Å²) in [6.45, 7) is 1.69. The van der Waals surface area contributed by atoms with E-state index in [1.54, 1.807) is 0 Å². The molecule has 0 aromatic heterocycles. The van der Waals surface area contributed by atoms with E-state index < -0.39 is 6.10 Å². The van der Waals surface area contributed by atoms with Crippen LogP contribution in [0.25, 0.3) is 0 Å². The molecule has 0 bridgehead atoms. The van der Waals surface area contributed by atoms with Crippen molar-refractivity contribution in [2.24, 2.45) is 0 Å². The number of aliphatic hydroxyl groups is 1. The zero-order valence-corrected chi connectivity index (χ0v) is 11.3. The van der Waals surface area contributed by atoms with E-state index in [4.69, 9.17) is 11.6 Å². The van der Waals surface area contributed by atoms with Crippen molar-refractivity contribution < 1.29 is 5.11 Å². The summed E-state index contributed by atoms with van der Waals surface area (Å²) in [6, 6.07) is 18.3. The van der Waals surface area contributed by atoms with Crippen LogP contribution in [0.2, 0.25) is 5.02 Å². The average molecular weight is 274 g/mol. The number of hydrogen-bond donors (Lipinski definition) is 1. The third-order valence-electron chi connectivity index (χ3n) is 3.56. The number of β-amino-alcohol motifs (C(OH)–C–C–N with tert-alkyl or cyclic N) is 1. The normalized spacial score (nSPS) is 23.1. The van der Waals surface area contributed by atoms with E-state index in [-0.39, 0.29) is 0 Å². The van der Waals surface area contributed by atoms with Crippen molar-refractivity contribution >= 4 is 11.6 Å². The highest BCUT2D eigenvalue weighted by Crippen LogP contribution is 2.36. The number of benzene rings is 2. The molecule has 1 fully saturated rings. The lowest BCUT2D eigenvalue weighted by molar-refractivity contribution is 0.153. The second-order valence-corrected chi connectivity index (χ2v) is 5.38. The molecule has 3 atom stereocenters. The number of rotatable bonds is 4. The van der Waals surface area contributed by atoms with Gasteiger partial charge in [-0.05, 0) is 23.3 Å². The van der Waals surface area contributed by atoms with Crippen LogP contribution in [-0.2, 0) is 0 Å². The fourth-order valence-corrected chi connectivity index (χ4v) is 2.51. The van der Waals surface area contributed by atoms with Gasteiger partial charge in [0.05, 0.1) is 6.10 Å². The first-order valence-electron chi connectivity index (χ1n) is 6.46. The molecule has 0 spiro atoms. The smallest absolute Gasteiger partial charge is 0.0917 e. The molecule has 1 saturated heterocycles. The molecule has 2 nitrogen and oxygen atoms in total. The second kappa shape index (κ2) is 5.33. The van der Waals surface area contributed by atoms with Gasteiger partial charge in [-0.1, -0.05) is 54.1 Å². The van der Waals surface area contributed by atoms with Crippen molar-refractivity contribution in [1.82, 2.24) is 4.90 Å². The molecule has 0 aliphatic carbocycles. The molecule has 0 radical (unpaired) electrons. The van der Waals surface area contributed by atoms with Crippen LogP contribution < -0.4 is 0 Å². The highest BCUT2D eigenvalue weighted by atomic mass is 35.5. The van der Waals surface area contributed by atoms with Crippen molar-refractivity contribution in [1.29, 1.82) is 0 Å². The molecule has 2 aromatic rings. The van der Waals surface area contributed by atoms with Gasteiger partial charge in [0.25, 0.3) is 0 Å². The Hall–Kier alpha value is -1.35. The molecule has 1 aliphatic rings. The van der Waals surface area contributed by atoms with Crippen molar-refractivity contribution in [3.05, 3.63) is 70.7 Å². The van der Waals surface area contributed by atoms with Crippen LogP contribution in [0.5, 0.6) is 0 Å². The van der Waals surface area contributed by atoms with Gasteiger partial charge in [-0.15, -0.1) is 0 Å². The third-order valence-corrected chi connectivity index (χ3v) is 3.81. The molecule has 1 heterocycles. The summed E-state index contributed by atoms with van der Waals surface area (Å²) >= 11 is 5.85. The summed E-state index contributed by atoms with van der Waals surface area (Å²) in [4.78, 5) is 2.27.